The molecule has 0 unspecified atom stereocenters. The van der Waals surface area contributed by atoms with Crippen molar-refractivity contribution in [1.82, 2.24) is 21.1 Å². The Balaban J connectivity index is 1.40. The number of hydrogen-bond donors (Lipinski definition) is 3. The Kier molecular flexibility index (Phi) is 5.95. The second-order valence-corrected chi connectivity index (χ2v) is 6.45. The van der Waals surface area contributed by atoms with Crippen LogP contribution in [0.3, 0.4) is 0 Å². The molecule has 0 spiro atoms. The van der Waals surface area contributed by atoms with Gasteiger partial charge in [0.2, 0.25) is 5.91 Å². The highest BCUT2D eigenvalue weighted by Crippen LogP contribution is 2.22. The fourth-order valence-corrected chi connectivity index (χ4v) is 2.80. The van der Waals surface area contributed by atoms with E-state index in [1.807, 2.05) is 0 Å². The average molecular weight is 400 g/mol. The number of fused-ring (bicyclic) bond motifs is 1. The average Bonchev–Trinajstić information content (AvgIpc) is 2.95. The Morgan fingerprint density at radius 2 is 1.57 bits per heavy atom. The Bertz CT molecular complexity index is 898. The van der Waals surface area contributed by atoms with Gasteiger partial charge in [-0.05, 0) is 42.0 Å². The Labute approximate surface area is 165 Å². The van der Waals surface area contributed by atoms with E-state index in [9.17, 15) is 18.8 Å². The van der Waals surface area contributed by atoms with Gasteiger partial charge in [0.1, 0.15) is 5.82 Å². The van der Waals surface area contributed by atoms with Gasteiger partial charge >= 0.3 is 0 Å². The topological polar surface area (TPSA) is 90.5 Å². The Hall–Kier alpha value is -3.33. The van der Waals surface area contributed by atoms with Crippen LogP contribution in [0.25, 0.3) is 0 Å². The van der Waals surface area contributed by atoms with Crippen LogP contribution < -0.4 is 16.2 Å². The number of rotatable bonds is 5. The summed E-state index contributed by atoms with van der Waals surface area (Å²) >= 11 is 5.04. The molecule has 2 aromatic rings. The number of halogens is 1. The van der Waals surface area contributed by atoms with Crippen molar-refractivity contribution >= 4 is 35.1 Å². The maximum absolute atomic E-state index is 12.9. The summed E-state index contributed by atoms with van der Waals surface area (Å²) in [5.41, 5.74) is 6.45. The lowest BCUT2D eigenvalue weighted by atomic mass is 10.1. The molecule has 0 atom stereocenters. The van der Waals surface area contributed by atoms with E-state index in [2.05, 4.69) is 16.2 Å². The van der Waals surface area contributed by atoms with Crippen LogP contribution in [0, 0.1) is 5.82 Å². The van der Waals surface area contributed by atoms with Gasteiger partial charge in [-0.25, -0.2) is 4.39 Å². The van der Waals surface area contributed by atoms with Gasteiger partial charge in [0.15, 0.2) is 5.11 Å². The fraction of sp³-hybridized carbons (Fsp3) is 0.158. The highest BCUT2D eigenvalue weighted by molar-refractivity contribution is 7.80. The van der Waals surface area contributed by atoms with Crippen molar-refractivity contribution in [2.45, 2.75) is 13.0 Å². The quantitative estimate of drug-likeness (QED) is 0.400. The first-order valence-electron chi connectivity index (χ1n) is 8.48. The molecule has 0 bridgehead atoms. The highest BCUT2D eigenvalue weighted by Gasteiger charge is 2.34. The third kappa shape index (κ3) is 4.49. The number of hydrogen-bond acceptors (Lipinski definition) is 4. The lowest BCUT2D eigenvalue weighted by Crippen LogP contribution is -2.47. The number of benzene rings is 2. The number of carbonyl (C=O) groups excluding carboxylic acids is 3. The molecule has 9 heteroatoms. The van der Waals surface area contributed by atoms with Crippen molar-refractivity contribution in [3.05, 3.63) is 71.0 Å². The van der Waals surface area contributed by atoms with E-state index in [1.165, 1.54) is 12.1 Å². The van der Waals surface area contributed by atoms with Crippen molar-refractivity contribution < 1.29 is 18.8 Å². The largest absolute Gasteiger partial charge is 0.357 e. The van der Waals surface area contributed by atoms with Gasteiger partial charge in [-0.3, -0.25) is 30.1 Å². The maximum atomic E-state index is 12.9. The minimum absolute atomic E-state index is 0.0321. The first-order valence-corrected chi connectivity index (χ1v) is 8.89. The van der Waals surface area contributed by atoms with Gasteiger partial charge in [-0.2, -0.15) is 0 Å². The molecule has 0 aliphatic carbocycles. The summed E-state index contributed by atoms with van der Waals surface area (Å²) in [6, 6.07) is 12.5. The van der Waals surface area contributed by atoms with Gasteiger partial charge in [-0.1, -0.05) is 24.3 Å². The number of hydrazine groups is 1. The second-order valence-electron chi connectivity index (χ2n) is 6.04. The van der Waals surface area contributed by atoms with Crippen molar-refractivity contribution in [2.75, 3.05) is 6.54 Å². The van der Waals surface area contributed by atoms with E-state index in [-0.39, 0.29) is 23.9 Å². The van der Waals surface area contributed by atoms with Crippen molar-refractivity contribution in [3.63, 3.8) is 0 Å². The molecule has 144 valence electrons. The first-order chi connectivity index (χ1) is 13.5. The minimum atomic E-state index is -0.428. The summed E-state index contributed by atoms with van der Waals surface area (Å²) in [6.45, 7) is 0.326. The number of carbonyl (C=O) groups is 3. The molecule has 0 saturated heterocycles. The van der Waals surface area contributed by atoms with E-state index in [1.54, 1.807) is 36.4 Å². The summed E-state index contributed by atoms with van der Waals surface area (Å²) in [7, 11) is 0. The first kappa shape index (κ1) is 19.4. The molecule has 0 fully saturated rings. The van der Waals surface area contributed by atoms with Crippen LogP contribution in [0.2, 0.25) is 0 Å². The summed E-state index contributed by atoms with van der Waals surface area (Å²) < 4.78 is 12.9. The molecular weight excluding hydrogens is 383 g/mol. The summed E-state index contributed by atoms with van der Waals surface area (Å²) in [5.74, 6) is -1.56. The van der Waals surface area contributed by atoms with Crippen LogP contribution in [0.5, 0.6) is 0 Å². The van der Waals surface area contributed by atoms with Crippen LogP contribution in [0.15, 0.2) is 48.5 Å². The minimum Gasteiger partial charge on any atom is -0.357 e. The van der Waals surface area contributed by atoms with Gasteiger partial charge in [0.25, 0.3) is 11.8 Å². The van der Waals surface area contributed by atoms with E-state index in [0.29, 0.717) is 17.7 Å². The normalized spacial score (nSPS) is 12.5. The number of nitrogens with one attached hydrogen (secondary N) is 3. The summed E-state index contributed by atoms with van der Waals surface area (Å²) in [6.07, 6.45) is -0.0704. The molecule has 0 saturated carbocycles. The lowest BCUT2D eigenvalue weighted by molar-refractivity contribution is -0.121. The van der Waals surface area contributed by atoms with E-state index in [4.69, 9.17) is 12.2 Å². The third-order valence-electron chi connectivity index (χ3n) is 4.12. The van der Waals surface area contributed by atoms with Crippen molar-refractivity contribution in [1.29, 1.82) is 0 Å². The van der Waals surface area contributed by atoms with Crippen LogP contribution in [-0.4, -0.2) is 34.3 Å². The molecule has 1 aliphatic heterocycles. The Morgan fingerprint density at radius 3 is 2.18 bits per heavy atom. The van der Waals surface area contributed by atoms with Crippen LogP contribution >= 0.6 is 12.2 Å². The Morgan fingerprint density at radius 1 is 0.964 bits per heavy atom. The zero-order valence-corrected chi connectivity index (χ0v) is 15.5. The van der Waals surface area contributed by atoms with Crippen molar-refractivity contribution in [3.8, 4) is 0 Å². The van der Waals surface area contributed by atoms with E-state index in [0.717, 1.165) is 10.5 Å². The lowest BCUT2D eigenvalue weighted by Gasteiger charge is -2.15. The smallest absolute Gasteiger partial charge is 0.261 e. The van der Waals surface area contributed by atoms with Gasteiger partial charge in [0, 0.05) is 19.5 Å². The number of thiocarbonyl (C=S) groups is 1. The van der Waals surface area contributed by atoms with Crippen LogP contribution in [0.4, 0.5) is 4.39 Å². The number of nitrogens with zero attached hydrogens (tertiary/aromatic N) is 1. The molecular formula is C19H17FN4O3S. The van der Waals surface area contributed by atoms with E-state index < -0.39 is 17.7 Å². The van der Waals surface area contributed by atoms with Crippen molar-refractivity contribution in [2.24, 2.45) is 0 Å². The molecule has 1 heterocycles. The molecule has 7 nitrogen and oxygen atoms in total. The standard InChI is InChI=1S/C19H17FN4O3S/c20-13-7-5-12(6-8-13)11-21-19(28)23-22-16(25)9-10-24-17(26)14-3-1-2-4-15(14)18(24)27/h1-8H,9-11H2,(H,22,25)(H2,21,23,28). The predicted molar refractivity (Wildman–Crippen MR) is 104 cm³/mol. The summed E-state index contributed by atoms with van der Waals surface area (Å²) in [5, 5.41) is 3.04. The van der Waals surface area contributed by atoms with Gasteiger partial charge in [0.05, 0.1) is 11.1 Å². The molecule has 3 amide bonds. The second kappa shape index (κ2) is 8.57. The number of amides is 3. The molecule has 3 N–H and O–H groups in total. The third-order valence-corrected chi connectivity index (χ3v) is 4.37. The van der Waals surface area contributed by atoms with Gasteiger partial charge in [-0.15, -0.1) is 0 Å². The molecule has 0 radical (unpaired) electrons. The molecule has 0 aromatic heterocycles. The highest BCUT2D eigenvalue weighted by atomic mass is 32.1. The summed E-state index contributed by atoms with van der Waals surface area (Å²) in [4.78, 5) is 37.5. The fourth-order valence-electron chi connectivity index (χ4n) is 2.67. The van der Waals surface area contributed by atoms with E-state index >= 15 is 0 Å². The molecule has 28 heavy (non-hydrogen) atoms. The zero-order chi connectivity index (χ0) is 20.1. The van der Waals surface area contributed by atoms with Gasteiger partial charge < -0.3 is 5.32 Å². The monoisotopic (exact) mass is 400 g/mol. The predicted octanol–water partition coefficient (Wildman–Crippen LogP) is 1.51. The number of imide groups is 1. The zero-order valence-electron chi connectivity index (χ0n) is 14.7. The molecule has 2 aromatic carbocycles. The molecule has 3 rings (SSSR count). The maximum Gasteiger partial charge on any atom is 0.261 e. The SMILES string of the molecule is O=C(CCN1C(=O)c2ccccc2C1=O)NNC(=S)NCc1ccc(F)cc1. The van der Waals surface area contributed by atoms with Crippen LogP contribution in [-0.2, 0) is 11.3 Å². The molecule has 1 aliphatic rings. The van der Waals surface area contributed by atoms with Crippen LogP contribution in [0.1, 0.15) is 32.7 Å².